The highest BCUT2D eigenvalue weighted by atomic mass is 16.5. The molecule has 1 aromatic heterocycles. The number of aromatic nitrogens is 2. The number of hydrogen-bond donors (Lipinski definition) is 2. The molecule has 1 saturated carbocycles. The molecule has 7 nitrogen and oxygen atoms in total. The van der Waals surface area contributed by atoms with Gasteiger partial charge in [-0.15, -0.1) is 0 Å². The zero-order valence-corrected chi connectivity index (χ0v) is 15.1. The normalized spacial score (nSPS) is 22.8. The Morgan fingerprint density at radius 1 is 1.04 bits per heavy atom. The number of benzene rings is 1. The Labute approximate surface area is 154 Å². The maximum absolute atomic E-state index is 5.96. The first-order valence-electron chi connectivity index (χ1n) is 9.16. The number of nitrogens with two attached hydrogens (primary N) is 2. The number of ether oxygens (including phenoxy) is 1. The molecule has 0 atom stereocenters. The van der Waals surface area contributed by atoms with Crippen molar-refractivity contribution in [1.29, 1.82) is 0 Å². The van der Waals surface area contributed by atoms with Gasteiger partial charge in [-0.05, 0) is 25.0 Å². The monoisotopic (exact) mass is 354 g/mol. The van der Waals surface area contributed by atoms with E-state index < -0.39 is 0 Å². The van der Waals surface area contributed by atoms with Crippen molar-refractivity contribution in [3.8, 4) is 5.75 Å². The van der Waals surface area contributed by atoms with Crippen molar-refractivity contribution in [2.45, 2.75) is 24.8 Å². The van der Waals surface area contributed by atoms with E-state index in [4.69, 9.17) is 16.2 Å². The highest BCUT2D eigenvalue weighted by molar-refractivity contribution is 5.53. The molecule has 26 heavy (non-hydrogen) atoms. The van der Waals surface area contributed by atoms with E-state index in [1.807, 2.05) is 12.1 Å². The van der Waals surface area contributed by atoms with Gasteiger partial charge in [0.15, 0.2) is 0 Å². The Balaban J connectivity index is 1.44. The summed E-state index contributed by atoms with van der Waals surface area (Å²) in [4.78, 5) is 13.6. The minimum absolute atomic E-state index is 0.297. The number of rotatable bonds is 4. The lowest BCUT2D eigenvalue weighted by Gasteiger charge is -2.37. The van der Waals surface area contributed by atoms with Gasteiger partial charge in [-0.2, -0.15) is 4.98 Å². The molecule has 138 valence electrons. The number of nitrogens with zero attached hydrogens (tertiary/aromatic N) is 4. The predicted octanol–water partition coefficient (Wildman–Crippen LogP) is 1.60. The summed E-state index contributed by atoms with van der Waals surface area (Å²) in [5.74, 6) is 2.59. The number of methoxy groups -OCH3 is 1. The van der Waals surface area contributed by atoms with Gasteiger partial charge in [-0.25, -0.2) is 4.98 Å². The van der Waals surface area contributed by atoms with Gasteiger partial charge in [-0.3, -0.25) is 0 Å². The fourth-order valence-electron chi connectivity index (χ4n) is 3.75. The summed E-state index contributed by atoms with van der Waals surface area (Å²) in [5.41, 5.74) is 14.1. The third-order valence-electron chi connectivity index (χ3n) is 5.36. The quantitative estimate of drug-likeness (QED) is 0.861. The van der Waals surface area contributed by atoms with Crippen molar-refractivity contribution in [2.75, 3.05) is 48.8 Å². The molecular weight excluding hydrogens is 328 g/mol. The molecule has 1 aliphatic carbocycles. The van der Waals surface area contributed by atoms with Gasteiger partial charge >= 0.3 is 0 Å². The third-order valence-corrected chi connectivity index (χ3v) is 5.36. The first kappa shape index (κ1) is 16.9. The van der Waals surface area contributed by atoms with Gasteiger partial charge in [0.2, 0.25) is 5.95 Å². The molecule has 1 aliphatic heterocycles. The summed E-state index contributed by atoms with van der Waals surface area (Å²) in [6.45, 7) is 3.66. The molecule has 2 fully saturated rings. The van der Waals surface area contributed by atoms with Crippen LogP contribution in [0.2, 0.25) is 0 Å². The highest BCUT2D eigenvalue weighted by Crippen LogP contribution is 2.36. The Morgan fingerprint density at radius 2 is 1.77 bits per heavy atom. The van der Waals surface area contributed by atoms with Gasteiger partial charge in [0.25, 0.3) is 0 Å². The minimum Gasteiger partial charge on any atom is -0.497 e. The van der Waals surface area contributed by atoms with Crippen molar-refractivity contribution in [1.82, 2.24) is 9.97 Å². The Hall–Kier alpha value is -2.54. The van der Waals surface area contributed by atoms with E-state index in [-0.39, 0.29) is 0 Å². The molecule has 0 unspecified atom stereocenters. The van der Waals surface area contributed by atoms with Gasteiger partial charge < -0.3 is 26.0 Å². The third kappa shape index (κ3) is 3.39. The fourth-order valence-corrected chi connectivity index (χ4v) is 3.75. The number of hydrogen-bond acceptors (Lipinski definition) is 7. The van der Waals surface area contributed by atoms with Crippen LogP contribution in [0.25, 0.3) is 0 Å². The molecule has 0 bridgehead atoms. The molecule has 1 saturated heterocycles. The van der Waals surface area contributed by atoms with Crippen LogP contribution in [0.15, 0.2) is 30.3 Å². The maximum Gasteiger partial charge on any atom is 0.222 e. The second kappa shape index (κ2) is 6.99. The number of nitrogen functional groups attached to an aromatic ring is 1. The van der Waals surface area contributed by atoms with E-state index in [0.29, 0.717) is 17.9 Å². The standard InChI is InChI=1S/C19H26N6O/c1-26-16-4-2-3-15(11-16)24-5-7-25(8-6-24)18-12-17(22-19(21)23-18)13-9-14(20)10-13/h2-4,11-14H,5-10,20H2,1H3,(H2,21,22,23). The molecule has 7 heteroatoms. The van der Waals surface area contributed by atoms with Gasteiger partial charge in [0, 0.05) is 56.0 Å². The summed E-state index contributed by atoms with van der Waals surface area (Å²) in [6, 6.07) is 10.6. The molecule has 2 aliphatic rings. The van der Waals surface area contributed by atoms with Crippen LogP contribution in [0, 0.1) is 0 Å². The molecule has 2 heterocycles. The lowest BCUT2D eigenvalue weighted by atomic mass is 9.78. The van der Waals surface area contributed by atoms with Gasteiger partial charge in [0.05, 0.1) is 12.8 Å². The summed E-state index contributed by atoms with van der Waals surface area (Å²) < 4.78 is 5.33. The summed E-state index contributed by atoms with van der Waals surface area (Å²) in [7, 11) is 1.70. The van der Waals surface area contributed by atoms with E-state index in [1.54, 1.807) is 7.11 Å². The predicted molar refractivity (Wildman–Crippen MR) is 104 cm³/mol. The van der Waals surface area contributed by atoms with Crippen molar-refractivity contribution in [2.24, 2.45) is 5.73 Å². The second-order valence-corrected chi connectivity index (χ2v) is 7.11. The van der Waals surface area contributed by atoms with Crippen LogP contribution in [0.4, 0.5) is 17.5 Å². The maximum atomic E-state index is 5.96. The van der Waals surface area contributed by atoms with E-state index in [0.717, 1.165) is 56.3 Å². The van der Waals surface area contributed by atoms with Crippen LogP contribution in [0.3, 0.4) is 0 Å². The smallest absolute Gasteiger partial charge is 0.222 e. The Kier molecular flexibility index (Phi) is 4.55. The molecular formula is C19H26N6O. The molecule has 0 amide bonds. The second-order valence-electron chi connectivity index (χ2n) is 7.11. The van der Waals surface area contributed by atoms with Crippen molar-refractivity contribution >= 4 is 17.5 Å². The molecule has 4 rings (SSSR count). The number of anilines is 3. The summed E-state index contributed by atoms with van der Waals surface area (Å²) >= 11 is 0. The first-order valence-corrected chi connectivity index (χ1v) is 9.16. The van der Waals surface area contributed by atoms with E-state index in [9.17, 15) is 0 Å². The Morgan fingerprint density at radius 3 is 2.46 bits per heavy atom. The summed E-state index contributed by atoms with van der Waals surface area (Å²) in [5, 5.41) is 0. The van der Waals surface area contributed by atoms with E-state index >= 15 is 0 Å². The average Bonchev–Trinajstić information content (AvgIpc) is 2.65. The topological polar surface area (TPSA) is 93.5 Å². The van der Waals surface area contributed by atoms with Crippen LogP contribution in [-0.4, -0.2) is 49.3 Å². The fraction of sp³-hybridized carbons (Fsp3) is 0.474. The zero-order chi connectivity index (χ0) is 18.1. The van der Waals surface area contributed by atoms with Crippen LogP contribution in [0.1, 0.15) is 24.5 Å². The average molecular weight is 354 g/mol. The minimum atomic E-state index is 0.297. The lowest BCUT2D eigenvalue weighted by molar-refractivity contribution is 0.345. The molecule has 2 aromatic rings. The van der Waals surface area contributed by atoms with Crippen LogP contribution in [0.5, 0.6) is 5.75 Å². The zero-order valence-electron chi connectivity index (χ0n) is 15.1. The highest BCUT2D eigenvalue weighted by Gasteiger charge is 2.30. The largest absolute Gasteiger partial charge is 0.497 e. The van der Waals surface area contributed by atoms with E-state index in [1.165, 1.54) is 5.69 Å². The molecule has 0 radical (unpaired) electrons. The van der Waals surface area contributed by atoms with Crippen molar-refractivity contribution < 1.29 is 4.74 Å². The van der Waals surface area contributed by atoms with Crippen LogP contribution < -0.4 is 26.0 Å². The number of piperazine rings is 1. The SMILES string of the molecule is COc1cccc(N2CCN(c3cc(C4CC(N)C4)nc(N)n3)CC2)c1. The van der Waals surface area contributed by atoms with Gasteiger partial charge in [-0.1, -0.05) is 6.07 Å². The lowest BCUT2D eigenvalue weighted by Crippen LogP contribution is -2.47. The summed E-state index contributed by atoms with van der Waals surface area (Å²) in [6.07, 6.45) is 1.97. The van der Waals surface area contributed by atoms with Crippen LogP contribution >= 0.6 is 0 Å². The first-order chi connectivity index (χ1) is 12.6. The van der Waals surface area contributed by atoms with Crippen LogP contribution in [-0.2, 0) is 0 Å². The Bertz CT molecular complexity index is 768. The van der Waals surface area contributed by atoms with E-state index in [2.05, 4.69) is 38.0 Å². The molecule has 4 N–H and O–H groups in total. The molecule has 0 spiro atoms. The van der Waals surface area contributed by atoms with Gasteiger partial charge in [0.1, 0.15) is 11.6 Å². The molecule has 1 aromatic carbocycles. The van der Waals surface area contributed by atoms with Crippen molar-refractivity contribution in [3.63, 3.8) is 0 Å². The van der Waals surface area contributed by atoms with Crippen molar-refractivity contribution in [3.05, 3.63) is 36.0 Å².